The molecule has 1 rings (SSSR count). The summed E-state index contributed by atoms with van der Waals surface area (Å²) >= 11 is 3.50. The first-order valence-corrected chi connectivity index (χ1v) is 7.75. The molecule has 1 aromatic rings. The van der Waals surface area contributed by atoms with Gasteiger partial charge in [0.05, 0.1) is 0 Å². The zero-order chi connectivity index (χ0) is 9.19. The van der Waals surface area contributed by atoms with E-state index >= 15 is 0 Å². The van der Waals surface area contributed by atoms with Crippen LogP contribution in [0.4, 0.5) is 0 Å². The van der Waals surface area contributed by atoms with E-state index in [1.54, 1.807) is 0 Å². The van der Waals surface area contributed by atoms with Crippen LogP contribution in [-0.2, 0) is 0 Å². The Labute approximate surface area is 83.5 Å². The second-order valence-electron chi connectivity index (χ2n) is 3.40. The number of hydrogen-bond acceptors (Lipinski definition) is 0. The molecule has 0 aliphatic rings. The van der Waals surface area contributed by atoms with E-state index in [0.717, 1.165) is 4.11 Å². The molecule has 0 radical (unpaired) electrons. The van der Waals surface area contributed by atoms with Gasteiger partial charge in [0.2, 0.25) is 0 Å². The third-order valence-electron chi connectivity index (χ3n) is 2.17. The second kappa shape index (κ2) is 3.58. The van der Waals surface area contributed by atoms with Gasteiger partial charge in [0.15, 0.2) is 0 Å². The fourth-order valence-electron chi connectivity index (χ4n) is 1.01. The third-order valence-corrected chi connectivity index (χ3v) is 8.28. The molecule has 0 unspecified atom stereocenters. The van der Waals surface area contributed by atoms with E-state index < -0.39 is 8.07 Å². The Kier molecular flexibility index (Phi) is 2.91. The van der Waals surface area contributed by atoms with Crippen molar-refractivity contribution in [2.75, 3.05) is 0 Å². The maximum atomic E-state index is 3.98. The number of halogens is 1. The molecular formula is C10H13BrSi. The van der Waals surface area contributed by atoms with Gasteiger partial charge in [-0.2, -0.15) is 0 Å². The van der Waals surface area contributed by atoms with Gasteiger partial charge in [-0.05, 0) is 4.11 Å². The topological polar surface area (TPSA) is 0 Å². The molecule has 2 heteroatoms. The Morgan fingerprint density at radius 1 is 1.25 bits per heavy atom. The minimum absolute atomic E-state index is 1.15. The molecule has 0 nitrogen and oxygen atoms in total. The highest BCUT2D eigenvalue weighted by Crippen LogP contribution is 2.18. The molecule has 0 aromatic heterocycles. The maximum absolute atomic E-state index is 3.98. The van der Waals surface area contributed by atoms with Gasteiger partial charge >= 0.3 is 0 Å². The van der Waals surface area contributed by atoms with Gasteiger partial charge < -0.3 is 0 Å². The molecule has 0 saturated heterocycles. The zero-order valence-electron chi connectivity index (χ0n) is 7.47. The van der Waals surface area contributed by atoms with E-state index in [4.69, 9.17) is 0 Å². The smallest absolute Gasteiger partial charge is 0.0926 e. The van der Waals surface area contributed by atoms with Gasteiger partial charge in [0.25, 0.3) is 0 Å². The van der Waals surface area contributed by atoms with E-state index in [-0.39, 0.29) is 0 Å². The van der Waals surface area contributed by atoms with E-state index in [1.807, 2.05) is 6.07 Å². The minimum atomic E-state index is -1.43. The Balaban J connectivity index is 3.06. The standard InChI is InChI=1S/C10H13BrSi/c1-9(11)12(2,3)10-7-5-4-6-8-10/h4-8H,1H2,2-3H3. The Morgan fingerprint density at radius 3 is 2.17 bits per heavy atom. The van der Waals surface area contributed by atoms with Gasteiger partial charge in [-0.1, -0.05) is 71.1 Å². The summed E-state index contributed by atoms with van der Waals surface area (Å²) in [7, 11) is -1.43. The summed E-state index contributed by atoms with van der Waals surface area (Å²) < 4.78 is 1.15. The van der Waals surface area contributed by atoms with Gasteiger partial charge in [-0.25, -0.2) is 0 Å². The van der Waals surface area contributed by atoms with E-state index in [2.05, 4.69) is 59.9 Å². The summed E-state index contributed by atoms with van der Waals surface area (Å²) in [6.45, 7) is 8.56. The average Bonchev–Trinajstić information content (AvgIpc) is 2.06. The largest absolute Gasteiger partial charge is 0.120 e. The number of benzene rings is 1. The first-order chi connectivity index (χ1) is 5.55. The number of hydrogen-bond donors (Lipinski definition) is 0. The molecule has 0 aliphatic carbocycles. The van der Waals surface area contributed by atoms with Crippen molar-refractivity contribution in [1.29, 1.82) is 0 Å². The van der Waals surface area contributed by atoms with Crippen LogP contribution in [0.2, 0.25) is 13.1 Å². The fourth-order valence-corrected chi connectivity index (χ4v) is 3.04. The predicted octanol–water partition coefficient (Wildman–Crippen LogP) is 3.05. The van der Waals surface area contributed by atoms with Crippen LogP contribution in [0, 0.1) is 0 Å². The summed E-state index contributed by atoms with van der Waals surface area (Å²) in [5.41, 5.74) is 0. The van der Waals surface area contributed by atoms with E-state index in [0.29, 0.717) is 0 Å². The Bertz CT molecular complexity index is 277. The van der Waals surface area contributed by atoms with E-state index in [1.165, 1.54) is 5.19 Å². The second-order valence-corrected chi connectivity index (χ2v) is 9.52. The first-order valence-electron chi connectivity index (χ1n) is 3.95. The Hall–Kier alpha value is -0.343. The minimum Gasteiger partial charge on any atom is -0.0926 e. The molecule has 0 saturated carbocycles. The molecule has 64 valence electrons. The summed E-state index contributed by atoms with van der Waals surface area (Å²) in [5.74, 6) is 0. The molecule has 12 heavy (non-hydrogen) atoms. The third kappa shape index (κ3) is 1.87. The van der Waals surface area contributed by atoms with Crippen LogP contribution >= 0.6 is 15.9 Å². The monoisotopic (exact) mass is 240 g/mol. The zero-order valence-corrected chi connectivity index (χ0v) is 10.1. The fraction of sp³-hybridized carbons (Fsp3) is 0.200. The van der Waals surface area contributed by atoms with Crippen LogP contribution in [0.15, 0.2) is 41.0 Å². The lowest BCUT2D eigenvalue weighted by Crippen LogP contribution is -2.41. The summed E-state index contributed by atoms with van der Waals surface area (Å²) in [6, 6.07) is 10.6. The SMILES string of the molecule is C=C(Br)[Si](C)(C)c1ccccc1. The van der Waals surface area contributed by atoms with Crippen LogP contribution < -0.4 is 5.19 Å². The van der Waals surface area contributed by atoms with Crippen molar-refractivity contribution in [3.8, 4) is 0 Å². The quantitative estimate of drug-likeness (QED) is 0.698. The van der Waals surface area contributed by atoms with Crippen molar-refractivity contribution < 1.29 is 0 Å². The van der Waals surface area contributed by atoms with Crippen LogP contribution in [0.3, 0.4) is 0 Å². The van der Waals surface area contributed by atoms with Crippen LogP contribution in [0.1, 0.15) is 0 Å². The van der Waals surface area contributed by atoms with Gasteiger partial charge in [0, 0.05) is 0 Å². The molecular weight excluding hydrogens is 228 g/mol. The van der Waals surface area contributed by atoms with Gasteiger partial charge in [-0.15, -0.1) is 0 Å². The normalized spacial score (nSPS) is 11.2. The summed E-state index contributed by atoms with van der Waals surface area (Å²) in [4.78, 5) is 0. The molecule has 1 aromatic carbocycles. The lowest BCUT2D eigenvalue weighted by atomic mass is 10.4. The van der Waals surface area contributed by atoms with Gasteiger partial charge in [0.1, 0.15) is 8.07 Å². The highest BCUT2D eigenvalue weighted by molar-refractivity contribution is 9.12. The van der Waals surface area contributed by atoms with Crippen molar-refractivity contribution in [2.24, 2.45) is 0 Å². The number of rotatable bonds is 2. The predicted molar refractivity (Wildman–Crippen MR) is 61.6 cm³/mol. The Morgan fingerprint density at radius 2 is 1.75 bits per heavy atom. The lowest BCUT2D eigenvalue weighted by molar-refractivity contribution is 1.71. The first kappa shape index (κ1) is 9.74. The van der Waals surface area contributed by atoms with Gasteiger partial charge in [-0.3, -0.25) is 0 Å². The molecule has 0 spiro atoms. The van der Waals surface area contributed by atoms with E-state index in [9.17, 15) is 0 Å². The van der Waals surface area contributed by atoms with Crippen molar-refractivity contribution in [3.05, 3.63) is 41.0 Å². The lowest BCUT2D eigenvalue weighted by Gasteiger charge is -2.21. The molecule has 0 heterocycles. The van der Waals surface area contributed by atoms with Crippen molar-refractivity contribution in [3.63, 3.8) is 0 Å². The molecule has 0 atom stereocenters. The molecule has 0 fully saturated rings. The summed E-state index contributed by atoms with van der Waals surface area (Å²) in [6.07, 6.45) is 0. The average molecular weight is 241 g/mol. The summed E-state index contributed by atoms with van der Waals surface area (Å²) in [5, 5.41) is 1.42. The van der Waals surface area contributed by atoms with Crippen molar-refractivity contribution in [2.45, 2.75) is 13.1 Å². The molecule has 0 N–H and O–H groups in total. The van der Waals surface area contributed by atoms with Crippen molar-refractivity contribution in [1.82, 2.24) is 0 Å². The molecule has 0 amide bonds. The van der Waals surface area contributed by atoms with Crippen LogP contribution in [0.5, 0.6) is 0 Å². The highest BCUT2D eigenvalue weighted by atomic mass is 79.9. The maximum Gasteiger partial charge on any atom is 0.120 e. The van der Waals surface area contributed by atoms with Crippen molar-refractivity contribution >= 4 is 29.2 Å². The van der Waals surface area contributed by atoms with Crippen LogP contribution in [-0.4, -0.2) is 8.07 Å². The molecule has 0 aliphatic heterocycles. The molecule has 0 bridgehead atoms. The van der Waals surface area contributed by atoms with Crippen LogP contribution in [0.25, 0.3) is 0 Å². The highest BCUT2D eigenvalue weighted by Gasteiger charge is 2.24.